The maximum absolute atomic E-state index is 10.4. The molecule has 4 N–H and O–H groups in total. The second kappa shape index (κ2) is 9.44. The number of hydrogen-bond acceptors (Lipinski definition) is 3. The smallest absolute Gasteiger partial charge is 0.152 e. The van der Waals surface area contributed by atoms with Crippen molar-refractivity contribution in [1.29, 1.82) is 0 Å². The highest BCUT2D eigenvalue weighted by Crippen LogP contribution is 1.92. The summed E-state index contributed by atoms with van der Waals surface area (Å²) in [6.45, 7) is 11.5. The Morgan fingerprint density at radius 3 is 2.29 bits per heavy atom. The van der Waals surface area contributed by atoms with E-state index in [4.69, 9.17) is 4.74 Å². The lowest BCUT2D eigenvalue weighted by atomic mass is 10.2. The van der Waals surface area contributed by atoms with Crippen molar-refractivity contribution < 1.29 is 24.5 Å². The lowest BCUT2D eigenvalue weighted by molar-refractivity contribution is -1.01. The fraction of sp³-hybridized carbons (Fsp3) is 0.722. The lowest BCUT2D eigenvalue weighted by Crippen LogP contribution is -3.29. The zero-order chi connectivity index (χ0) is 16.6. The molecule has 2 aliphatic heterocycles. The van der Waals surface area contributed by atoms with Crippen molar-refractivity contribution in [3.63, 3.8) is 0 Å². The molecule has 2 fully saturated rings. The quantitative estimate of drug-likeness (QED) is 0.407. The largest absolute Gasteiger partial charge is 0.382 e. The Hall–Kier alpha value is -1.05. The summed E-state index contributed by atoms with van der Waals surface area (Å²) in [4.78, 5) is 9.15. The molecule has 2 saturated heterocycles. The molecule has 2 aliphatic rings. The third-order valence-corrected chi connectivity index (χ3v) is 5.37. The van der Waals surface area contributed by atoms with E-state index in [9.17, 15) is 5.11 Å². The van der Waals surface area contributed by atoms with Gasteiger partial charge in [-0.3, -0.25) is 4.98 Å². The predicted molar refractivity (Wildman–Crippen MR) is 91.5 cm³/mol. The van der Waals surface area contributed by atoms with Gasteiger partial charge in [0.25, 0.3) is 0 Å². The Morgan fingerprint density at radius 2 is 1.62 bits per heavy atom. The second-order valence-corrected chi connectivity index (χ2v) is 7.25. The predicted octanol–water partition coefficient (Wildman–Crippen LogP) is -4.32. The fourth-order valence-corrected chi connectivity index (χ4v) is 3.86. The molecular formula is C18H33N4O2+3. The molecule has 1 aromatic heterocycles. The summed E-state index contributed by atoms with van der Waals surface area (Å²) in [5.74, 6) is 0. The molecule has 1 aromatic rings. The van der Waals surface area contributed by atoms with Crippen molar-refractivity contribution in [2.75, 3.05) is 72.1 Å². The van der Waals surface area contributed by atoms with E-state index >= 15 is 0 Å². The summed E-state index contributed by atoms with van der Waals surface area (Å²) < 4.78 is 5.38. The van der Waals surface area contributed by atoms with Crippen molar-refractivity contribution in [2.24, 2.45) is 0 Å². The summed E-state index contributed by atoms with van der Waals surface area (Å²) in [7, 11) is 0. The van der Waals surface area contributed by atoms with Crippen LogP contribution in [0.2, 0.25) is 0 Å². The topological polar surface area (TPSA) is 55.7 Å². The molecule has 0 radical (unpaired) electrons. The Bertz CT molecular complexity index is 459. The van der Waals surface area contributed by atoms with Gasteiger partial charge in [-0.15, -0.1) is 0 Å². The highest BCUT2D eigenvalue weighted by molar-refractivity contribution is 5.03. The van der Waals surface area contributed by atoms with Gasteiger partial charge >= 0.3 is 0 Å². The number of hydrogen-bond donors (Lipinski definition) is 4. The zero-order valence-corrected chi connectivity index (χ0v) is 14.7. The van der Waals surface area contributed by atoms with Crippen LogP contribution >= 0.6 is 0 Å². The van der Waals surface area contributed by atoms with Crippen molar-refractivity contribution in [3.8, 4) is 0 Å². The van der Waals surface area contributed by atoms with E-state index in [0.717, 1.165) is 45.8 Å². The normalized spacial score (nSPS) is 27.0. The van der Waals surface area contributed by atoms with Gasteiger partial charge in [0.1, 0.15) is 52.4 Å². The van der Waals surface area contributed by atoms with Gasteiger partial charge in [-0.25, -0.2) is 0 Å². The van der Waals surface area contributed by atoms with Gasteiger partial charge in [0.05, 0.1) is 19.8 Å². The molecule has 6 heteroatoms. The highest BCUT2D eigenvalue weighted by Gasteiger charge is 2.27. The molecule has 0 aliphatic carbocycles. The first-order valence-electron chi connectivity index (χ1n) is 9.46. The molecule has 24 heavy (non-hydrogen) atoms. The van der Waals surface area contributed by atoms with Gasteiger partial charge in [0, 0.05) is 18.3 Å². The maximum Gasteiger partial charge on any atom is 0.152 e. The van der Waals surface area contributed by atoms with Crippen LogP contribution in [0, 0.1) is 0 Å². The average molecular weight is 337 g/mol. The molecule has 0 bridgehead atoms. The third kappa shape index (κ3) is 5.79. The van der Waals surface area contributed by atoms with Crippen LogP contribution in [0.15, 0.2) is 24.4 Å². The Labute approximate surface area is 145 Å². The van der Waals surface area contributed by atoms with Gasteiger partial charge in [-0.05, 0) is 12.1 Å². The van der Waals surface area contributed by atoms with E-state index < -0.39 is 0 Å². The molecule has 0 spiro atoms. The number of morpholine rings is 1. The van der Waals surface area contributed by atoms with Crippen molar-refractivity contribution in [1.82, 2.24) is 4.98 Å². The van der Waals surface area contributed by atoms with E-state index in [2.05, 4.69) is 17.1 Å². The Morgan fingerprint density at radius 1 is 0.958 bits per heavy atom. The van der Waals surface area contributed by atoms with Gasteiger partial charge in [-0.2, -0.15) is 0 Å². The van der Waals surface area contributed by atoms with Gasteiger partial charge in [0.15, 0.2) is 6.10 Å². The van der Waals surface area contributed by atoms with Crippen molar-refractivity contribution >= 4 is 0 Å². The standard InChI is InChI=1S/C18H30N4O2/c23-18(16-22-11-13-24-14-12-22)15-21-9-7-20(8-10-21)6-4-17-3-1-2-5-19-17/h1-3,5,18,23H,4,6-16H2/p+3/t18-/m1/s1. The molecular weight excluding hydrogens is 304 g/mol. The SMILES string of the molecule is O[C@@H](C[NH+]1CCOCC1)C[NH+]1CC[NH+](CCc2ccccn2)CC1. The maximum atomic E-state index is 10.4. The van der Waals surface area contributed by atoms with Crippen LogP contribution in [0.4, 0.5) is 0 Å². The van der Waals surface area contributed by atoms with E-state index in [-0.39, 0.29) is 6.10 Å². The first-order chi connectivity index (χ1) is 11.8. The molecule has 134 valence electrons. The third-order valence-electron chi connectivity index (χ3n) is 5.37. The summed E-state index contributed by atoms with van der Waals surface area (Å²) in [6, 6.07) is 6.16. The van der Waals surface area contributed by atoms with Gasteiger partial charge in [0.2, 0.25) is 0 Å². The van der Waals surface area contributed by atoms with E-state index in [1.54, 1.807) is 9.80 Å². The molecule has 0 saturated carbocycles. The molecule has 6 nitrogen and oxygen atoms in total. The number of aliphatic hydroxyl groups is 1. The Kier molecular flexibility index (Phi) is 6.98. The summed E-state index contributed by atoms with van der Waals surface area (Å²) >= 11 is 0. The van der Waals surface area contributed by atoms with Crippen LogP contribution in [0.25, 0.3) is 0 Å². The first kappa shape index (κ1) is 17.8. The molecule has 0 unspecified atom stereocenters. The van der Waals surface area contributed by atoms with E-state index in [1.807, 2.05) is 12.3 Å². The Balaban J connectivity index is 1.31. The number of nitrogens with one attached hydrogen (secondary N) is 3. The van der Waals surface area contributed by atoms with Crippen LogP contribution in [0.3, 0.4) is 0 Å². The van der Waals surface area contributed by atoms with Crippen LogP contribution in [0.5, 0.6) is 0 Å². The fourth-order valence-electron chi connectivity index (χ4n) is 3.86. The molecule has 0 aromatic carbocycles. The van der Waals surface area contributed by atoms with E-state index in [0.29, 0.717) is 0 Å². The molecule has 0 amide bonds. The van der Waals surface area contributed by atoms with E-state index in [1.165, 1.54) is 43.3 Å². The number of nitrogens with zero attached hydrogens (tertiary/aromatic N) is 1. The van der Waals surface area contributed by atoms with Crippen LogP contribution in [-0.2, 0) is 11.2 Å². The summed E-state index contributed by atoms with van der Waals surface area (Å²) in [5, 5.41) is 10.4. The minimum atomic E-state index is -0.178. The van der Waals surface area contributed by atoms with Gasteiger partial charge in [-0.1, -0.05) is 6.07 Å². The summed E-state index contributed by atoms with van der Waals surface area (Å²) in [5.41, 5.74) is 1.20. The molecule has 1 atom stereocenters. The van der Waals surface area contributed by atoms with Crippen LogP contribution in [0.1, 0.15) is 5.69 Å². The molecule has 3 heterocycles. The second-order valence-electron chi connectivity index (χ2n) is 7.25. The average Bonchev–Trinajstić information content (AvgIpc) is 2.63. The minimum absolute atomic E-state index is 0.178. The van der Waals surface area contributed by atoms with Crippen LogP contribution in [-0.4, -0.2) is 88.3 Å². The number of piperazine rings is 1. The first-order valence-corrected chi connectivity index (χ1v) is 9.46. The number of ether oxygens (including phenoxy) is 1. The van der Waals surface area contributed by atoms with Gasteiger partial charge < -0.3 is 24.5 Å². The van der Waals surface area contributed by atoms with Crippen molar-refractivity contribution in [2.45, 2.75) is 12.5 Å². The van der Waals surface area contributed by atoms with Crippen LogP contribution < -0.4 is 14.7 Å². The number of pyridine rings is 1. The van der Waals surface area contributed by atoms with Crippen molar-refractivity contribution in [3.05, 3.63) is 30.1 Å². The number of aromatic nitrogens is 1. The zero-order valence-electron chi connectivity index (χ0n) is 14.7. The number of quaternary nitrogens is 3. The number of rotatable bonds is 7. The number of aliphatic hydroxyl groups excluding tert-OH is 1. The molecule has 3 rings (SSSR count). The monoisotopic (exact) mass is 337 g/mol. The lowest BCUT2D eigenvalue weighted by Gasteiger charge is -2.31. The summed E-state index contributed by atoms with van der Waals surface area (Å²) in [6.07, 6.45) is 2.77. The highest BCUT2D eigenvalue weighted by atomic mass is 16.5. The minimum Gasteiger partial charge on any atom is -0.382 e.